The van der Waals surface area contributed by atoms with E-state index in [0.29, 0.717) is 5.69 Å². The Morgan fingerprint density at radius 2 is 2.31 bits per heavy atom. The number of anilines is 1. The van der Waals surface area contributed by atoms with Crippen molar-refractivity contribution in [3.63, 3.8) is 0 Å². The Hall–Kier alpha value is -1.36. The monoisotopic (exact) mass is 289 g/mol. The molecule has 1 aromatic rings. The Labute approximate surface area is 88.0 Å². The van der Waals surface area contributed by atoms with Crippen LogP contribution < -0.4 is 3.53 Å². The van der Waals surface area contributed by atoms with Gasteiger partial charge in [-0.25, -0.2) is 0 Å². The highest BCUT2D eigenvalue weighted by Crippen LogP contribution is 2.22. The number of nitriles is 1. The van der Waals surface area contributed by atoms with Gasteiger partial charge in [-0.2, -0.15) is 5.26 Å². The van der Waals surface area contributed by atoms with Crippen LogP contribution in [-0.4, -0.2) is 4.92 Å². The zero-order chi connectivity index (χ0) is 9.84. The van der Waals surface area contributed by atoms with E-state index in [-0.39, 0.29) is 11.3 Å². The van der Waals surface area contributed by atoms with Gasteiger partial charge in [-0.15, -0.1) is 0 Å². The van der Waals surface area contributed by atoms with Crippen LogP contribution in [0.2, 0.25) is 0 Å². The number of nitro benzene ring substituents is 1. The second kappa shape index (κ2) is 4.04. The van der Waals surface area contributed by atoms with E-state index < -0.39 is 4.92 Å². The van der Waals surface area contributed by atoms with Crippen LogP contribution in [0.3, 0.4) is 0 Å². The van der Waals surface area contributed by atoms with E-state index in [1.54, 1.807) is 0 Å². The second-order valence-electron chi connectivity index (χ2n) is 2.19. The minimum Gasteiger partial charge on any atom is -0.327 e. The first-order chi connectivity index (χ1) is 6.19. The molecule has 1 rings (SSSR count). The molecule has 0 unspecified atom stereocenters. The molecule has 66 valence electrons. The number of non-ortho nitro benzene ring substituents is 1. The van der Waals surface area contributed by atoms with Gasteiger partial charge in [0.05, 0.1) is 39.0 Å². The SMILES string of the molecule is N#Cc1cc([N+](=O)[O-])ccc1NI. The van der Waals surface area contributed by atoms with Crippen molar-refractivity contribution in [1.29, 1.82) is 5.26 Å². The molecule has 0 aliphatic rings. The summed E-state index contributed by atoms with van der Waals surface area (Å²) in [6.07, 6.45) is 0. The fraction of sp³-hybridized carbons (Fsp3) is 0. The maximum absolute atomic E-state index is 10.3. The molecule has 0 aliphatic heterocycles. The highest BCUT2D eigenvalue weighted by molar-refractivity contribution is 14.1. The van der Waals surface area contributed by atoms with Crippen LogP contribution >= 0.6 is 22.9 Å². The molecule has 1 aromatic carbocycles. The fourth-order valence-electron chi connectivity index (χ4n) is 0.821. The Balaban J connectivity index is 3.23. The van der Waals surface area contributed by atoms with Crippen LogP contribution in [-0.2, 0) is 0 Å². The lowest BCUT2D eigenvalue weighted by molar-refractivity contribution is -0.384. The largest absolute Gasteiger partial charge is 0.327 e. The lowest BCUT2D eigenvalue weighted by Gasteiger charge is -1.99. The number of benzene rings is 1. The minimum atomic E-state index is -0.530. The highest BCUT2D eigenvalue weighted by Gasteiger charge is 2.09. The Kier molecular flexibility index (Phi) is 3.02. The van der Waals surface area contributed by atoms with Crippen molar-refractivity contribution >= 4 is 34.2 Å². The van der Waals surface area contributed by atoms with Crippen molar-refractivity contribution in [2.24, 2.45) is 0 Å². The molecular formula is C7H4IN3O2. The molecule has 0 amide bonds. The van der Waals surface area contributed by atoms with Gasteiger partial charge in [0.1, 0.15) is 6.07 Å². The number of halogens is 1. The first-order valence-corrected chi connectivity index (χ1v) is 4.32. The normalized spacial score (nSPS) is 8.92. The van der Waals surface area contributed by atoms with E-state index in [9.17, 15) is 10.1 Å². The summed E-state index contributed by atoms with van der Waals surface area (Å²) in [6, 6.07) is 5.96. The highest BCUT2D eigenvalue weighted by atomic mass is 127. The number of nitrogens with zero attached hydrogens (tertiary/aromatic N) is 2. The maximum atomic E-state index is 10.3. The minimum absolute atomic E-state index is 0.0769. The van der Waals surface area contributed by atoms with Gasteiger partial charge in [-0.1, -0.05) is 0 Å². The summed E-state index contributed by atoms with van der Waals surface area (Å²) in [7, 11) is 0. The van der Waals surface area contributed by atoms with Crippen LogP contribution in [0.4, 0.5) is 11.4 Å². The average Bonchev–Trinajstić information content (AvgIpc) is 2.16. The Morgan fingerprint density at radius 3 is 2.77 bits per heavy atom. The molecule has 0 aromatic heterocycles. The third-order valence-electron chi connectivity index (χ3n) is 1.44. The summed E-state index contributed by atoms with van der Waals surface area (Å²) in [5.41, 5.74) is 0.768. The molecule has 13 heavy (non-hydrogen) atoms. The summed E-state index contributed by atoms with van der Waals surface area (Å²) in [5.74, 6) is 0. The third kappa shape index (κ3) is 2.06. The van der Waals surface area contributed by atoms with E-state index in [1.807, 2.05) is 28.9 Å². The van der Waals surface area contributed by atoms with Gasteiger partial charge < -0.3 is 3.53 Å². The lowest BCUT2D eigenvalue weighted by atomic mass is 10.2. The number of nitro groups is 1. The number of hydrogen-bond acceptors (Lipinski definition) is 4. The van der Waals surface area contributed by atoms with Gasteiger partial charge in [0.25, 0.3) is 5.69 Å². The van der Waals surface area contributed by atoms with Crippen molar-refractivity contribution in [1.82, 2.24) is 0 Å². The quantitative estimate of drug-likeness (QED) is 0.392. The van der Waals surface area contributed by atoms with Crippen molar-refractivity contribution in [2.45, 2.75) is 0 Å². The maximum Gasteiger partial charge on any atom is 0.270 e. The van der Waals surface area contributed by atoms with Gasteiger partial charge >= 0.3 is 0 Å². The van der Waals surface area contributed by atoms with Crippen molar-refractivity contribution in [3.05, 3.63) is 33.9 Å². The third-order valence-corrected chi connectivity index (χ3v) is 2.02. The molecule has 0 fully saturated rings. The summed E-state index contributed by atoms with van der Waals surface area (Å²) in [5, 5.41) is 19.0. The topological polar surface area (TPSA) is 79.0 Å². The van der Waals surface area contributed by atoms with E-state index in [4.69, 9.17) is 5.26 Å². The summed E-state index contributed by atoms with van der Waals surface area (Å²) in [4.78, 5) is 9.81. The molecule has 0 heterocycles. The predicted molar refractivity (Wildman–Crippen MR) is 55.5 cm³/mol. The molecule has 0 radical (unpaired) electrons. The van der Waals surface area contributed by atoms with Gasteiger partial charge in [0, 0.05) is 12.1 Å². The molecule has 6 heteroatoms. The Bertz CT molecular complexity index is 386. The average molecular weight is 289 g/mol. The van der Waals surface area contributed by atoms with E-state index >= 15 is 0 Å². The zero-order valence-electron chi connectivity index (χ0n) is 6.32. The standard InChI is InChI=1S/C7H4IN3O2/c8-10-7-2-1-6(11(12)13)3-5(7)4-9/h1-3,10H. The van der Waals surface area contributed by atoms with Gasteiger partial charge in [0.15, 0.2) is 0 Å². The molecule has 5 nitrogen and oxygen atoms in total. The first kappa shape index (κ1) is 9.73. The lowest BCUT2D eigenvalue weighted by Crippen LogP contribution is -1.91. The fourth-order valence-corrected chi connectivity index (χ4v) is 1.29. The van der Waals surface area contributed by atoms with E-state index in [2.05, 4.69) is 3.53 Å². The summed E-state index contributed by atoms with van der Waals surface area (Å²) in [6.45, 7) is 0. The summed E-state index contributed by atoms with van der Waals surface area (Å²) >= 11 is 1.86. The van der Waals surface area contributed by atoms with Crippen LogP contribution in [0.1, 0.15) is 5.56 Å². The molecular weight excluding hydrogens is 285 g/mol. The molecule has 0 bridgehead atoms. The van der Waals surface area contributed by atoms with Gasteiger partial charge in [0.2, 0.25) is 0 Å². The van der Waals surface area contributed by atoms with Crippen molar-refractivity contribution < 1.29 is 4.92 Å². The van der Waals surface area contributed by atoms with Crippen LogP contribution in [0.15, 0.2) is 18.2 Å². The van der Waals surface area contributed by atoms with Crippen molar-refractivity contribution in [3.8, 4) is 6.07 Å². The number of nitrogens with one attached hydrogen (secondary N) is 1. The van der Waals surface area contributed by atoms with Crippen LogP contribution in [0.25, 0.3) is 0 Å². The van der Waals surface area contributed by atoms with Gasteiger partial charge in [-0.3, -0.25) is 10.1 Å². The van der Waals surface area contributed by atoms with E-state index in [0.717, 1.165) is 0 Å². The van der Waals surface area contributed by atoms with E-state index in [1.165, 1.54) is 18.2 Å². The molecule has 0 aliphatic carbocycles. The molecule has 1 N–H and O–H groups in total. The van der Waals surface area contributed by atoms with Crippen LogP contribution in [0.5, 0.6) is 0 Å². The molecule has 0 spiro atoms. The van der Waals surface area contributed by atoms with Crippen LogP contribution in [0, 0.1) is 21.4 Å². The second-order valence-corrected chi connectivity index (χ2v) is 2.73. The molecule has 0 saturated heterocycles. The zero-order valence-corrected chi connectivity index (χ0v) is 8.48. The van der Waals surface area contributed by atoms with Crippen molar-refractivity contribution in [2.75, 3.05) is 3.53 Å². The Morgan fingerprint density at radius 1 is 1.62 bits per heavy atom. The summed E-state index contributed by atoms with van der Waals surface area (Å²) < 4.78 is 2.74. The molecule has 0 atom stereocenters. The number of hydrogen-bond donors (Lipinski definition) is 1. The smallest absolute Gasteiger partial charge is 0.270 e. The number of rotatable bonds is 2. The predicted octanol–water partition coefficient (Wildman–Crippen LogP) is 2.23. The van der Waals surface area contributed by atoms with Gasteiger partial charge in [-0.05, 0) is 6.07 Å². The molecule has 0 saturated carbocycles. The first-order valence-electron chi connectivity index (χ1n) is 3.24.